The quantitative estimate of drug-likeness (QED) is 0.531. The van der Waals surface area contributed by atoms with E-state index in [9.17, 15) is 14.7 Å². The molecule has 5 rings (SSSR count). The number of methoxy groups -OCH3 is 1. The molecule has 2 N–H and O–H groups in total. The Balaban J connectivity index is 1.54. The van der Waals surface area contributed by atoms with Crippen molar-refractivity contribution in [2.24, 2.45) is 0 Å². The molecule has 1 fully saturated rings. The molecule has 0 radical (unpaired) electrons. The Morgan fingerprint density at radius 1 is 1.03 bits per heavy atom. The number of phenolic OH excluding ortho intramolecular Hbond substituents is 1. The summed E-state index contributed by atoms with van der Waals surface area (Å²) in [6, 6.07) is 14.6. The number of phenols is 1. The van der Waals surface area contributed by atoms with Gasteiger partial charge in [0.1, 0.15) is 17.6 Å². The van der Waals surface area contributed by atoms with E-state index in [1.165, 1.54) is 6.42 Å². The van der Waals surface area contributed by atoms with Gasteiger partial charge in [0, 0.05) is 35.2 Å². The summed E-state index contributed by atoms with van der Waals surface area (Å²) in [5.74, 6) is -0.150. The highest BCUT2D eigenvalue weighted by atomic mass is 16.5. The van der Waals surface area contributed by atoms with E-state index in [1.807, 2.05) is 37.3 Å². The van der Waals surface area contributed by atoms with Crippen LogP contribution >= 0.6 is 0 Å². The van der Waals surface area contributed by atoms with E-state index < -0.39 is 5.92 Å². The number of ether oxygens (including phenoxy) is 2. The summed E-state index contributed by atoms with van der Waals surface area (Å²) in [5.41, 5.74) is 4.27. The van der Waals surface area contributed by atoms with Crippen LogP contribution in [0.5, 0.6) is 11.5 Å². The maximum Gasteiger partial charge on any atom is 0.337 e. The highest BCUT2D eigenvalue weighted by molar-refractivity contribution is 6.04. The van der Waals surface area contributed by atoms with Crippen molar-refractivity contribution in [2.75, 3.05) is 7.11 Å². The zero-order chi connectivity index (χ0) is 25.2. The topological polar surface area (TPSA) is 84.9 Å². The lowest BCUT2D eigenvalue weighted by atomic mass is 9.71. The summed E-state index contributed by atoms with van der Waals surface area (Å²) in [6.45, 7) is 1.87. The molecule has 2 aromatic carbocycles. The predicted molar refractivity (Wildman–Crippen MR) is 137 cm³/mol. The van der Waals surface area contributed by atoms with Crippen molar-refractivity contribution in [3.05, 3.63) is 82.2 Å². The van der Waals surface area contributed by atoms with Crippen LogP contribution in [0.25, 0.3) is 0 Å². The summed E-state index contributed by atoms with van der Waals surface area (Å²) in [6.07, 6.45) is 5.88. The zero-order valence-electron chi connectivity index (χ0n) is 20.9. The van der Waals surface area contributed by atoms with E-state index in [0.29, 0.717) is 35.2 Å². The number of esters is 1. The molecular formula is C30H33NO5. The fourth-order valence-corrected chi connectivity index (χ4v) is 5.97. The molecule has 6 nitrogen and oxygen atoms in total. The molecule has 1 aliphatic heterocycles. The molecule has 0 bridgehead atoms. The molecule has 2 atom stereocenters. The van der Waals surface area contributed by atoms with Crippen LogP contribution in [-0.4, -0.2) is 30.1 Å². The Bertz CT molecular complexity index is 1240. The third kappa shape index (κ3) is 4.64. The SMILES string of the molecule is COc1ccccc1C1CC(=O)C2=C(C1)NC(C)=C(C(=O)OC1CCCCC1)C2c1cccc(O)c1. The summed E-state index contributed by atoms with van der Waals surface area (Å²) >= 11 is 0. The molecule has 0 spiro atoms. The number of hydrogen-bond donors (Lipinski definition) is 2. The molecule has 2 unspecified atom stereocenters. The number of hydrogen-bond acceptors (Lipinski definition) is 6. The number of ketones is 1. The molecular weight excluding hydrogens is 454 g/mol. The van der Waals surface area contributed by atoms with Gasteiger partial charge in [0.25, 0.3) is 0 Å². The summed E-state index contributed by atoms with van der Waals surface area (Å²) in [7, 11) is 1.64. The standard InChI is InChI=1S/C30H33NO5/c1-18-27(30(34)36-22-11-4-3-5-12-22)28(19-9-8-10-21(32)15-19)29-24(31-18)16-20(17-25(29)33)23-13-6-7-14-26(23)35-2/h6-10,13-15,20,22,28,31-32H,3-5,11-12,16-17H2,1-2H3. The van der Waals surface area contributed by atoms with Crippen LogP contribution in [0, 0.1) is 0 Å². The van der Waals surface area contributed by atoms with E-state index >= 15 is 0 Å². The van der Waals surface area contributed by atoms with Crippen molar-refractivity contribution in [3.8, 4) is 11.5 Å². The Kier molecular flexibility index (Phi) is 6.86. The summed E-state index contributed by atoms with van der Waals surface area (Å²) in [4.78, 5) is 27.3. The predicted octanol–water partition coefficient (Wildman–Crippen LogP) is 5.64. The Morgan fingerprint density at radius 3 is 2.56 bits per heavy atom. The zero-order valence-corrected chi connectivity index (χ0v) is 20.9. The van der Waals surface area contributed by atoms with E-state index in [4.69, 9.17) is 9.47 Å². The Labute approximate surface area is 212 Å². The number of dihydropyridines is 1. The van der Waals surface area contributed by atoms with Crippen LogP contribution in [0.3, 0.4) is 0 Å². The Hall–Kier alpha value is -3.54. The van der Waals surface area contributed by atoms with Gasteiger partial charge >= 0.3 is 5.97 Å². The first-order valence-electron chi connectivity index (χ1n) is 12.8. The van der Waals surface area contributed by atoms with Gasteiger partial charge in [-0.3, -0.25) is 4.79 Å². The summed E-state index contributed by atoms with van der Waals surface area (Å²) < 4.78 is 11.5. The molecule has 2 aliphatic carbocycles. The highest BCUT2D eigenvalue weighted by Gasteiger charge is 2.42. The maximum absolute atomic E-state index is 13.8. The van der Waals surface area contributed by atoms with Gasteiger partial charge in [-0.2, -0.15) is 0 Å². The molecule has 0 saturated heterocycles. The number of carbonyl (C=O) groups excluding carboxylic acids is 2. The van der Waals surface area contributed by atoms with Crippen molar-refractivity contribution >= 4 is 11.8 Å². The van der Waals surface area contributed by atoms with Gasteiger partial charge in [-0.25, -0.2) is 4.79 Å². The van der Waals surface area contributed by atoms with Crippen LogP contribution in [0.2, 0.25) is 0 Å². The maximum atomic E-state index is 13.8. The first-order chi connectivity index (χ1) is 17.5. The minimum atomic E-state index is -0.587. The molecule has 0 aromatic heterocycles. The first-order valence-corrected chi connectivity index (χ1v) is 12.8. The number of carbonyl (C=O) groups is 2. The highest BCUT2D eigenvalue weighted by Crippen LogP contribution is 2.47. The Morgan fingerprint density at radius 2 is 1.81 bits per heavy atom. The third-order valence-corrected chi connectivity index (χ3v) is 7.66. The van der Waals surface area contributed by atoms with Gasteiger partial charge < -0.3 is 19.9 Å². The monoisotopic (exact) mass is 487 g/mol. The van der Waals surface area contributed by atoms with Gasteiger partial charge in [-0.05, 0) is 68.4 Å². The number of aromatic hydroxyl groups is 1. The van der Waals surface area contributed by atoms with Crippen LogP contribution in [-0.2, 0) is 14.3 Å². The van der Waals surface area contributed by atoms with Gasteiger partial charge in [0.15, 0.2) is 5.78 Å². The number of allylic oxidation sites excluding steroid dienone is 3. The largest absolute Gasteiger partial charge is 0.508 e. The van der Waals surface area contributed by atoms with Gasteiger partial charge in [-0.15, -0.1) is 0 Å². The van der Waals surface area contributed by atoms with Crippen LogP contribution < -0.4 is 10.1 Å². The number of nitrogens with one attached hydrogen (secondary N) is 1. The summed E-state index contributed by atoms with van der Waals surface area (Å²) in [5, 5.41) is 13.6. The molecule has 1 heterocycles. The van der Waals surface area contributed by atoms with E-state index in [0.717, 1.165) is 42.7 Å². The van der Waals surface area contributed by atoms with E-state index in [2.05, 4.69) is 5.32 Å². The first kappa shape index (κ1) is 24.2. The fraction of sp³-hybridized carbons (Fsp3) is 0.400. The van der Waals surface area contributed by atoms with Gasteiger partial charge in [-0.1, -0.05) is 36.8 Å². The molecule has 1 saturated carbocycles. The van der Waals surface area contributed by atoms with E-state index in [1.54, 1.807) is 25.3 Å². The lowest BCUT2D eigenvalue weighted by Gasteiger charge is -2.37. The number of para-hydroxylation sites is 1. The molecule has 36 heavy (non-hydrogen) atoms. The average Bonchev–Trinajstić information content (AvgIpc) is 2.88. The lowest BCUT2D eigenvalue weighted by molar-refractivity contribution is -0.146. The molecule has 2 aromatic rings. The molecule has 0 amide bonds. The smallest absolute Gasteiger partial charge is 0.337 e. The van der Waals surface area contributed by atoms with Gasteiger partial charge in [0.05, 0.1) is 12.7 Å². The van der Waals surface area contributed by atoms with Crippen LogP contribution in [0.15, 0.2) is 71.1 Å². The van der Waals surface area contributed by atoms with Crippen molar-refractivity contribution in [3.63, 3.8) is 0 Å². The number of Topliss-reactive ketones (excluding diaryl/α,β-unsaturated/α-hetero) is 1. The average molecular weight is 488 g/mol. The van der Waals surface area contributed by atoms with E-state index in [-0.39, 0.29) is 29.5 Å². The fourth-order valence-electron chi connectivity index (χ4n) is 5.97. The van der Waals surface area contributed by atoms with Crippen molar-refractivity contribution in [1.29, 1.82) is 0 Å². The van der Waals surface area contributed by atoms with Crippen LogP contribution in [0.4, 0.5) is 0 Å². The molecule has 3 aliphatic rings. The van der Waals surface area contributed by atoms with Crippen molar-refractivity contribution in [2.45, 2.75) is 69.8 Å². The second-order valence-corrected chi connectivity index (χ2v) is 10.0. The normalized spacial score (nSPS) is 22.7. The minimum Gasteiger partial charge on any atom is -0.508 e. The molecule has 6 heteroatoms. The lowest BCUT2D eigenvalue weighted by Crippen LogP contribution is -2.37. The number of rotatable bonds is 5. The van der Waals surface area contributed by atoms with Crippen LogP contribution in [0.1, 0.15) is 74.8 Å². The second-order valence-electron chi connectivity index (χ2n) is 10.0. The van der Waals surface area contributed by atoms with Crippen molar-refractivity contribution in [1.82, 2.24) is 5.32 Å². The van der Waals surface area contributed by atoms with Crippen molar-refractivity contribution < 1.29 is 24.2 Å². The third-order valence-electron chi connectivity index (χ3n) is 7.66. The second kappa shape index (κ2) is 10.2. The minimum absolute atomic E-state index is 0.0107. The van der Waals surface area contributed by atoms with Gasteiger partial charge in [0.2, 0.25) is 0 Å². The number of benzene rings is 2. The molecule has 188 valence electrons.